The lowest BCUT2D eigenvalue weighted by molar-refractivity contribution is -0.136. The molecule has 0 unspecified atom stereocenters. The number of carbonyl (C=O) groups excluding carboxylic acids is 2. The van der Waals surface area contributed by atoms with E-state index in [1.165, 1.54) is 5.01 Å². The quantitative estimate of drug-likeness (QED) is 0.743. The minimum atomic E-state index is -0.120. The summed E-state index contributed by atoms with van der Waals surface area (Å²) in [5, 5.41) is 5.91. The molecular formula is C22H25N3O3. The summed E-state index contributed by atoms with van der Waals surface area (Å²) < 4.78 is 5.32. The molecule has 1 heterocycles. The molecule has 6 nitrogen and oxygen atoms in total. The molecule has 0 bridgehead atoms. The van der Waals surface area contributed by atoms with Crippen LogP contribution >= 0.6 is 0 Å². The van der Waals surface area contributed by atoms with E-state index in [9.17, 15) is 9.59 Å². The number of para-hydroxylation sites is 1. The first-order chi connectivity index (χ1) is 13.6. The Labute approximate surface area is 165 Å². The van der Waals surface area contributed by atoms with Crippen LogP contribution in [0.1, 0.15) is 30.4 Å². The normalized spacial score (nSPS) is 13.2. The number of hydrogen-bond donors (Lipinski definition) is 0. The number of hydrogen-bond acceptors (Lipinski definition) is 4. The number of amides is 2. The molecule has 0 aromatic heterocycles. The van der Waals surface area contributed by atoms with Crippen LogP contribution in [-0.4, -0.2) is 48.1 Å². The van der Waals surface area contributed by atoms with E-state index in [1.54, 1.807) is 19.1 Å². The second-order valence-corrected chi connectivity index (χ2v) is 6.74. The zero-order chi connectivity index (χ0) is 19.9. The highest BCUT2D eigenvalue weighted by Crippen LogP contribution is 2.19. The van der Waals surface area contributed by atoms with Gasteiger partial charge in [0, 0.05) is 38.4 Å². The van der Waals surface area contributed by atoms with E-state index in [-0.39, 0.29) is 24.7 Å². The van der Waals surface area contributed by atoms with E-state index in [0.717, 1.165) is 29.0 Å². The lowest BCUT2D eigenvalue weighted by atomic mass is 10.1. The SMILES string of the molecule is COc1ccccc1CN(C)C(=O)CCC(=O)N1CCC(c2ccccc2)=N1. The maximum Gasteiger partial charge on any atom is 0.243 e. The molecule has 2 aromatic rings. The van der Waals surface area contributed by atoms with Gasteiger partial charge in [-0.1, -0.05) is 48.5 Å². The van der Waals surface area contributed by atoms with E-state index in [1.807, 2.05) is 54.6 Å². The van der Waals surface area contributed by atoms with Crippen LogP contribution in [0.4, 0.5) is 0 Å². The molecule has 6 heteroatoms. The fourth-order valence-corrected chi connectivity index (χ4v) is 3.18. The fourth-order valence-electron chi connectivity index (χ4n) is 3.18. The fraction of sp³-hybridized carbons (Fsp3) is 0.318. The second kappa shape index (κ2) is 9.17. The molecule has 0 radical (unpaired) electrons. The van der Waals surface area contributed by atoms with Gasteiger partial charge in [0.05, 0.1) is 19.4 Å². The van der Waals surface area contributed by atoms with Crippen molar-refractivity contribution in [2.24, 2.45) is 5.10 Å². The van der Waals surface area contributed by atoms with Crippen molar-refractivity contribution in [1.29, 1.82) is 0 Å². The molecule has 0 aliphatic carbocycles. The minimum Gasteiger partial charge on any atom is -0.496 e. The third-order valence-electron chi connectivity index (χ3n) is 4.78. The van der Waals surface area contributed by atoms with Gasteiger partial charge in [-0.3, -0.25) is 9.59 Å². The van der Waals surface area contributed by atoms with Gasteiger partial charge in [0.2, 0.25) is 11.8 Å². The maximum atomic E-state index is 12.4. The molecule has 146 valence electrons. The van der Waals surface area contributed by atoms with Crippen LogP contribution in [-0.2, 0) is 16.1 Å². The van der Waals surface area contributed by atoms with Crippen LogP contribution in [0.5, 0.6) is 5.75 Å². The van der Waals surface area contributed by atoms with Crippen molar-refractivity contribution in [2.75, 3.05) is 20.7 Å². The molecule has 3 rings (SSSR count). The van der Waals surface area contributed by atoms with E-state index < -0.39 is 0 Å². The highest BCUT2D eigenvalue weighted by Gasteiger charge is 2.22. The Balaban J connectivity index is 1.51. The van der Waals surface area contributed by atoms with Gasteiger partial charge in [-0.2, -0.15) is 5.10 Å². The predicted octanol–water partition coefficient (Wildman–Crippen LogP) is 3.07. The first-order valence-electron chi connectivity index (χ1n) is 9.37. The Kier molecular flexibility index (Phi) is 6.42. The Morgan fingerprint density at radius 1 is 1.07 bits per heavy atom. The third-order valence-corrected chi connectivity index (χ3v) is 4.78. The van der Waals surface area contributed by atoms with Crippen molar-refractivity contribution in [3.63, 3.8) is 0 Å². The van der Waals surface area contributed by atoms with Gasteiger partial charge >= 0.3 is 0 Å². The van der Waals surface area contributed by atoms with Gasteiger partial charge in [-0.15, -0.1) is 0 Å². The number of carbonyl (C=O) groups is 2. The summed E-state index contributed by atoms with van der Waals surface area (Å²) in [7, 11) is 3.35. The van der Waals surface area contributed by atoms with E-state index in [4.69, 9.17) is 4.74 Å². The van der Waals surface area contributed by atoms with E-state index >= 15 is 0 Å². The second-order valence-electron chi connectivity index (χ2n) is 6.74. The van der Waals surface area contributed by atoms with Gasteiger partial charge in [0.1, 0.15) is 5.75 Å². The molecule has 1 aliphatic rings. The summed E-state index contributed by atoms with van der Waals surface area (Å²) in [6, 6.07) is 17.4. The van der Waals surface area contributed by atoms with Gasteiger partial charge in [-0.05, 0) is 11.6 Å². The highest BCUT2D eigenvalue weighted by molar-refractivity contribution is 6.02. The molecule has 0 saturated heterocycles. The zero-order valence-electron chi connectivity index (χ0n) is 16.3. The van der Waals surface area contributed by atoms with Crippen molar-refractivity contribution < 1.29 is 14.3 Å². The van der Waals surface area contributed by atoms with Crippen molar-refractivity contribution in [2.45, 2.75) is 25.8 Å². The summed E-state index contributed by atoms with van der Waals surface area (Å²) in [5.74, 6) is 0.550. The van der Waals surface area contributed by atoms with Crippen molar-refractivity contribution in [3.05, 3.63) is 65.7 Å². The molecular weight excluding hydrogens is 354 g/mol. The average molecular weight is 379 g/mol. The lowest BCUT2D eigenvalue weighted by Crippen LogP contribution is -2.29. The van der Waals surface area contributed by atoms with Gasteiger partial charge in [0.25, 0.3) is 0 Å². The van der Waals surface area contributed by atoms with Crippen molar-refractivity contribution >= 4 is 17.5 Å². The van der Waals surface area contributed by atoms with Crippen LogP contribution in [0.2, 0.25) is 0 Å². The van der Waals surface area contributed by atoms with Crippen molar-refractivity contribution in [1.82, 2.24) is 9.91 Å². The lowest BCUT2D eigenvalue weighted by Gasteiger charge is -2.19. The summed E-state index contributed by atoms with van der Waals surface area (Å²) >= 11 is 0. The minimum absolute atomic E-state index is 0.0780. The monoisotopic (exact) mass is 379 g/mol. The summed E-state index contributed by atoms with van der Waals surface area (Å²) in [6.45, 7) is 1.01. The number of ether oxygens (including phenoxy) is 1. The Hall–Kier alpha value is -3.15. The zero-order valence-corrected chi connectivity index (χ0v) is 16.3. The van der Waals surface area contributed by atoms with Crippen LogP contribution in [0.15, 0.2) is 59.7 Å². The van der Waals surface area contributed by atoms with Crippen LogP contribution in [0.3, 0.4) is 0 Å². The average Bonchev–Trinajstić information content (AvgIpc) is 3.23. The number of hydrazone groups is 1. The smallest absolute Gasteiger partial charge is 0.243 e. The summed E-state index contributed by atoms with van der Waals surface area (Å²) in [6.07, 6.45) is 1.05. The molecule has 0 atom stereocenters. The van der Waals surface area contributed by atoms with E-state index in [2.05, 4.69) is 5.10 Å². The Morgan fingerprint density at radius 3 is 2.54 bits per heavy atom. The predicted molar refractivity (Wildman–Crippen MR) is 108 cm³/mol. The maximum absolute atomic E-state index is 12.4. The van der Waals surface area contributed by atoms with Gasteiger partial charge in [-0.25, -0.2) is 5.01 Å². The number of nitrogens with zero attached hydrogens (tertiary/aromatic N) is 3. The third kappa shape index (κ3) is 4.76. The van der Waals surface area contributed by atoms with Gasteiger partial charge < -0.3 is 9.64 Å². The first kappa shape index (κ1) is 19.6. The molecule has 1 aliphatic heterocycles. The standard InChI is InChI=1S/C22H25N3O3/c1-24(16-18-10-6-7-11-20(18)28-2)21(26)12-13-22(27)25-15-14-19(23-25)17-8-4-3-5-9-17/h3-11H,12-16H2,1-2H3. The molecule has 0 saturated carbocycles. The Bertz CT molecular complexity index is 864. The largest absolute Gasteiger partial charge is 0.496 e. The van der Waals surface area contributed by atoms with E-state index in [0.29, 0.717) is 13.1 Å². The molecule has 28 heavy (non-hydrogen) atoms. The van der Waals surface area contributed by atoms with Crippen LogP contribution < -0.4 is 4.74 Å². The summed E-state index contributed by atoms with van der Waals surface area (Å²) in [4.78, 5) is 26.5. The Morgan fingerprint density at radius 2 is 1.79 bits per heavy atom. The number of rotatable bonds is 7. The van der Waals surface area contributed by atoms with Gasteiger partial charge in [0.15, 0.2) is 0 Å². The molecule has 2 amide bonds. The molecule has 0 spiro atoms. The van der Waals surface area contributed by atoms with Crippen LogP contribution in [0.25, 0.3) is 0 Å². The summed E-state index contributed by atoms with van der Waals surface area (Å²) in [5.41, 5.74) is 2.88. The molecule has 0 fully saturated rings. The topological polar surface area (TPSA) is 62.2 Å². The first-order valence-corrected chi connectivity index (χ1v) is 9.37. The number of methoxy groups -OCH3 is 1. The number of benzene rings is 2. The highest BCUT2D eigenvalue weighted by atomic mass is 16.5. The molecule has 0 N–H and O–H groups in total. The van der Waals surface area contributed by atoms with Crippen molar-refractivity contribution in [3.8, 4) is 5.75 Å². The van der Waals surface area contributed by atoms with Crippen LogP contribution in [0, 0.1) is 0 Å². The molecule has 2 aromatic carbocycles.